The van der Waals surface area contributed by atoms with Crippen molar-refractivity contribution in [3.63, 3.8) is 0 Å². The molecule has 0 aliphatic heterocycles. The summed E-state index contributed by atoms with van der Waals surface area (Å²) in [6.45, 7) is 0. The first kappa shape index (κ1) is 17.5. The number of fused-ring (bicyclic) bond motifs is 8. The summed E-state index contributed by atoms with van der Waals surface area (Å²) in [6.07, 6.45) is 0. The Balaban J connectivity index is 1.53. The molecule has 7 aromatic rings. The van der Waals surface area contributed by atoms with Gasteiger partial charge in [0.05, 0.1) is 0 Å². The highest BCUT2D eigenvalue weighted by atomic mass is 79.9. The number of thiophene rings is 1. The van der Waals surface area contributed by atoms with Gasteiger partial charge in [-0.15, -0.1) is 11.3 Å². The van der Waals surface area contributed by atoms with Crippen molar-refractivity contribution in [1.82, 2.24) is 0 Å². The van der Waals surface area contributed by atoms with Crippen LogP contribution in [0.15, 0.2) is 99.9 Å². The van der Waals surface area contributed by atoms with Gasteiger partial charge in [-0.25, -0.2) is 0 Å². The van der Waals surface area contributed by atoms with E-state index in [1.54, 1.807) is 0 Å². The number of halogens is 1. The highest BCUT2D eigenvalue weighted by Crippen LogP contribution is 2.42. The quantitative estimate of drug-likeness (QED) is 0.229. The van der Waals surface area contributed by atoms with E-state index >= 15 is 0 Å². The number of hydrogen-bond donors (Lipinski definition) is 0. The van der Waals surface area contributed by atoms with Crippen LogP contribution in [0.1, 0.15) is 0 Å². The van der Waals surface area contributed by atoms with Crippen LogP contribution in [0.5, 0.6) is 0 Å². The Labute approximate surface area is 190 Å². The third-order valence-electron chi connectivity index (χ3n) is 6.13. The maximum Gasteiger partial charge on any atom is 0.136 e. The summed E-state index contributed by atoms with van der Waals surface area (Å²) < 4.78 is 9.87. The molecule has 2 heterocycles. The molecule has 0 aliphatic carbocycles. The Morgan fingerprint density at radius 3 is 2.52 bits per heavy atom. The molecule has 0 atom stereocenters. The van der Waals surface area contributed by atoms with Crippen molar-refractivity contribution >= 4 is 80.1 Å². The first-order valence-corrected chi connectivity index (χ1v) is 11.8. The first-order valence-electron chi connectivity index (χ1n) is 10.2. The van der Waals surface area contributed by atoms with E-state index < -0.39 is 0 Å². The number of hydrogen-bond acceptors (Lipinski definition) is 2. The van der Waals surface area contributed by atoms with Gasteiger partial charge in [-0.1, -0.05) is 76.6 Å². The Kier molecular flexibility index (Phi) is 3.64. The van der Waals surface area contributed by atoms with E-state index in [2.05, 4.69) is 94.8 Å². The monoisotopic (exact) mass is 478 g/mol. The Morgan fingerprint density at radius 2 is 1.55 bits per heavy atom. The second-order valence-electron chi connectivity index (χ2n) is 7.90. The molecule has 0 amide bonds. The van der Waals surface area contributed by atoms with E-state index in [-0.39, 0.29) is 0 Å². The average molecular weight is 479 g/mol. The molecule has 0 N–H and O–H groups in total. The van der Waals surface area contributed by atoms with Crippen LogP contribution in [-0.2, 0) is 0 Å². The third kappa shape index (κ3) is 2.54. The number of benzene rings is 5. The molecule has 31 heavy (non-hydrogen) atoms. The van der Waals surface area contributed by atoms with Crippen LogP contribution in [0, 0.1) is 0 Å². The van der Waals surface area contributed by atoms with Crippen LogP contribution in [0.3, 0.4) is 0 Å². The summed E-state index contributed by atoms with van der Waals surface area (Å²) >= 11 is 5.50. The SMILES string of the molecule is Brc1ccc2oc3cccc(-c4ccc5c(c4)sc4c6ccccc6ccc54)c3c2c1. The highest BCUT2D eigenvalue weighted by Gasteiger charge is 2.14. The smallest absolute Gasteiger partial charge is 0.136 e. The van der Waals surface area contributed by atoms with Crippen molar-refractivity contribution in [2.45, 2.75) is 0 Å². The largest absolute Gasteiger partial charge is 0.456 e. The van der Waals surface area contributed by atoms with Gasteiger partial charge in [-0.3, -0.25) is 0 Å². The zero-order chi connectivity index (χ0) is 20.5. The Morgan fingerprint density at radius 1 is 0.645 bits per heavy atom. The number of rotatable bonds is 1. The predicted octanol–water partition coefficient (Wildman–Crippen LogP) is 9.54. The van der Waals surface area contributed by atoms with Crippen LogP contribution < -0.4 is 0 Å². The zero-order valence-corrected chi connectivity index (χ0v) is 18.8. The van der Waals surface area contributed by atoms with Crippen molar-refractivity contribution in [3.8, 4) is 11.1 Å². The maximum absolute atomic E-state index is 6.14. The minimum atomic E-state index is 0.917. The standard InChI is InChI=1S/C28H15BrOS/c29-18-10-13-24-23(15-18)27-19(6-3-7-25(27)30-24)17-9-11-21-22-12-8-16-4-1-2-5-20(16)28(22)31-26(21)14-17/h1-15H. The summed E-state index contributed by atoms with van der Waals surface area (Å²) in [5, 5.41) is 7.59. The van der Waals surface area contributed by atoms with E-state index in [0.29, 0.717) is 0 Å². The molecule has 0 fully saturated rings. The van der Waals surface area contributed by atoms with Gasteiger partial charge in [0.1, 0.15) is 11.2 Å². The van der Waals surface area contributed by atoms with Gasteiger partial charge in [0, 0.05) is 35.4 Å². The van der Waals surface area contributed by atoms with Gasteiger partial charge in [0.25, 0.3) is 0 Å². The van der Waals surface area contributed by atoms with Gasteiger partial charge in [0.15, 0.2) is 0 Å². The normalized spacial score (nSPS) is 12.0. The molecule has 0 saturated carbocycles. The molecular weight excluding hydrogens is 464 g/mol. The molecule has 0 spiro atoms. The number of furan rings is 1. The summed E-state index contributed by atoms with van der Waals surface area (Å²) in [5.74, 6) is 0. The van der Waals surface area contributed by atoms with Crippen LogP contribution in [0.2, 0.25) is 0 Å². The minimum Gasteiger partial charge on any atom is -0.456 e. The average Bonchev–Trinajstić information content (AvgIpc) is 3.36. The lowest BCUT2D eigenvalue weighted by Gasteiger charge is -2.04. The first-order chi connectivity index (χ1) is 15.3. The van der Waals surface area contributed by atoms with Crippen molar-refractivity contribution in [2.24, 2.45) is 0 Å². The van der Waals surface area contributed by atoms with Crippen LogP contribution >= 0.6 is 27.3 Å². The second-order valence-corrected chi connectivity index (χ2v) is 9.87. The van der Waals surface area contributed by atoms with Gasteiger partial charge in [-0.05, 0) is 52.2 Å². The van der Waals surface area contributed by atoms with E-state index in [4.69, 9.17) is 4.42 Å². The molecule has 0 saturated heterocycles. The summed E-state index contributed by atoms with van der Waals surface area (Å²) in [4.78, 5) is 0. The van der Waals surface area contributed by atoms with Crippen molar-refractivity contribution in [3.05, 3.63) is 95.5 Å². The van der Waals surface area contributed by atoms with Crippen LogP contribution in [0.4, 0.5) is 0 Å². The van der Waals surface area contributed by atoms with Crippen LogP contribution in [0.25, 0.3) is 64.0 Å². The second kappa shape index (κ2) is 6.43. The molecular formula is C28H15BrOS. The Bertz CT molecular complexity index is 1810. The molecule has 0 aliphatic rings. The fourth-order valence-electron chi connectivity index (χ4n) is 4.71. The molecule has 7 rings (SSSR count). The molecule has 1 nitrogen and oxygen atoms in total. The maximum atomic E-state index is 6.14. The van der Waals surface area contributed by atoms with Crippen molar-refractivity contribution in [2.75, 3.05) is 0 Å². The lowest BCUT2D eigenvalue weighted by atomic mass is 9.98. The van der Waals surface area contributed by atoms with E-state index in [1.807, 2.05) is 23.5 Å². The predicted molar refractivity (Wildman–Crippen MR) is 137 cm³/mol. The van der Waals surface area contributed by atoms with E-state index in [1.165, 1.54) is 47.5 Å². The Hall–Kier alpha value is -3.14. The van der Waals surface area contributed by atoms with Crippen LogP contribution in [-0.4, -0.2) is 0 Å². The topological polar surface area (TPSA) is 13.1 Å². The molecule has 5 aromatic carbocycles. The molecule has 0 unspecified atom stereocenters. The summed E-state index contributed by atoms with van der Waals surface area (Å²) in [5.41, 5.74) is 4.27. The van der Waals surface area contributed by atoms with Gasteiger partial charge in [-0.2, -0.15) is 0 Å². The van der Waals surface area contributed by atoms with Gasteiger partial charge < -0.3 is 4.42 Å². The van der Waals surface area contributed by atoms with Gasteiger partial charge >= 0.3 is 0 Å². The molecule has 3 heteroatoms. The molecule has 0 bridgehead atoms. The van der Waals surface area contributed by atoms with E-state index in [9.17, 15) is 0 Å². The summed E-state index contributed by atoms with van der Waals surface area (Å²) in [6, 6.07) is 32.5. The minimum absolute atomic E-state index is 0.917. The lowest BCUT2D eigenvalue weighted by Crippen LogP contribution is -1.79. The lowest BCUT2D eigenvalue weighted by molar-refractivity contribution is 0.669. The van der Waals surface area contributed by atoms with Crippen molar-refractivity contribution < 1.29 is 4.42 Å². The summed E-state index contributed by atoms with van der Waals surface area (Å²) in [7, 11) is 0. The zero-order valence-electron chi connectivity index (χ0n) is 16.4. The fourth-order valence-corrected chi connectivity index (χ4v) is 6.35. The fraction of sp³-hybridized carbons (Fsp3) is 0. The highest BCUT2D eigenvalue weighted by molar-refractivity contribution is 9.10. The van der Waals surface area contributed by atoms with Crippen molar-refractivity contribution in [1.29, 1.82) is 0 Å². The molecule has 146 valence electrons. The molecule has 2 aromatic heterocycles. The molecule has 0 radical (unpaired) electrons. The van der Waals surface area contributed by atoms with E-state index in [0.717, 1.165) is 21.0 Å². The van der Waals surface area contributed by atoms with Gasteiger partial charge in [0.2, 0.25) is 0 Å². The third-order valence-corrected chi connectivity index (χ3v) is 7.83.